The maximum Gasteiger partial charge on any atom is 0.338 e. The van der Waals surface area contributed by atoms with E-state index in [-0.39, 0.29) is 35.5 Å². The molecule has 34 heavy (non-hydrogen) atoms. The summed E-state index contributed by atoms with van der Waals surface area (Å²) in [6, 6.07) is 4.04. The number of carbonyl (C=O) groups excluding carboxylic acids is 3. The minimum Gasteiger partial charge on any atom is -0.463 e. The van der Waals surface area contributed by atoms with E-state index < -0.39 is 12.0 Å². The molecule has 2 aliphatic heterocycles. The average Bonchev–Trinajstić information content (AvgIpc) is 3.64. The summed E-state index contributed by atoms with van der Waals surface area (Å²) < 4.78 is 5.39. The molecule has 2 heterocycles. The van der Waals surface area contributed by atoms with Crippen molar-refractivity contribution in [1.29, 1.82) is 0 Å². The van der Waals surface area contributed by atoms with Crippen LogP contribution in [-0.4, -0.2) is 78.5 Å². The van der Waals surface area contributed by atoms with Crippen molar-refractivity contribution < 1.29 is 19.1 Å². The Bertz CT molecular complexity index is 1030. The average molecular weight is 509 g/mol. The summed E-state index contributed by atoms with van der Waals surface area (Å²) in [4.78, 5) is 44.3. The molecule has 3 aliphatic rings. The fourth-order valence-electron chi connectivity index (χ4n) is 4.66. The van der Waals surface area contributed by atoms with Gasteiger partial charge in [0, 0.05) is 50.9 Å². The fourth-order valence-corrected chi connectivity index (χ4v) is 5.07. The molecule has 1 saturated heterocycles. The first-order valence-electron chi connectivity index (χ1n) is 11.6. The van der Waals surface area contributed by atoms with E-state index in [2.05, 4.69) is 10.2 Å². The number of hydrogen-bond acceptors (Lipinski definition) is 5. The SMILES string of the molecule is CCOC(=O)C1=C(CN2CCN(C(=O)C3CC3)[C@H](C)C2)N(C)C(=O)N[C@H]1c1cccc(Cl)c1Cl. The highest BCUT2D eigenvalue weighted by Gasteiger charge is 2.40. The Morgan fingerprint density at radius 2 is 1.94 bits per heavy atom. The van der Waals surface area contributed by atoms with Gasteiger partial charge in [0.2, 0.25) is 5.91 Å². The van der Waals surface area contributed by atoms with Gasteiger partial charge in [-0.2, -0.15) is 0 Å². The summed E-state index contributed by atoms with van der Waals surface area (Å²) in [6.07, 6.45) is 1.96. The van der Waals surface area contributed by atoms with E-state index in [4.69, 9.17) is 27.9 Å². The van der Waals surface area contributed by atoms with Crippen LogP contribution in [0.25, 0.3) is 0 Å². The highest BCUT2D eigenvalue weighted by molar-refractivity contribution is 6.42. The lowest BCUT2D eigenvalue weighted by Crippen LogP contribution is -2.56. The largest absolute Gasteiger partial charge is 0.463 e. The smallest absolute Gasteiger partial charge is 0.338 e. The molecule has 0 aromatic heterocycles. The van der Waals surface area contributed by atoms with Crippen LogP contribution < -0.4 is 5.32 Å². The first-order chi connectivity index (χ1) is 16.2. The van der Waals surface area contributed by atoms with E-state index in [9.17, 15) is 14.4 Å². The molecule has 184 valence electrons. The van der Waals surface area contributed by atoms with Crippen LogP contribution in [0.5, 0.6) is 0 Å². The van der Waals surface area contributed by atoms with Crippen molar-refractivity contribution in [2.45, 2.75) is 38.8 Å². The molecule has 0 radical (unpaired) electrons. The number of rotatable bonds is 6. The summed E-state index contributed by atoms with van der Waals surface area (Å²) in [5, 5.41) is 3.49. The molecule has 1 saturated carbocycles. The van der Waals surface area contributed by atoms with Crippen LogP contribution in [0.1, 0.15) is 38.3 Å². The molecule has 8 nitrogen and oxygen atoms in total. The maximum atomic E-state index is 13.2. The van der Waals surface area contributed by atoms with E-state index in [1.54, 1.807) is 32.2 Å². The topological polar surface area (TPSA) is 82.2 Å². The zero-order chi connectivity index (χ0) is 24.6. The predicted octanol–water partition coefficient (Wildman–Crippen LogP) is 3.45. The normalized spacial score (nSPS) is 23.7. The standard InChI is InChI=1S/C24H30Cl2N4O4/c1-4-34-23(32)19-18(13-29-10-11-30(14(2)12-29)22(31)15-8-9-15)28(3)24(33)27-21(19)16-6-5-7-17(25)20(16)26/h5-7,14-15,21H,4,8-13H2,1-3H3,(H,27,33)/t14-,21+/m1/s1. The van der Waals surface area contributed by atoms with Gasteiger partial charge < -0.3 is 15.0 Å². The second-order valence-corrected chi connectivity index (χ2v) is 9.84. The molecule has 2 atom stereocenters. The van der Waals surface area contributed by atoms with E-state index in [0.717, 1.165) is 12.8 Å². The van der Waals surface area contributed by atoms with Gasteiger partial charge in [0.15, 0.2) is 0 Å². The van der Waals surface area contributed by atoms with Crippen molar-refractivity contribution in [3.8, 4) is 0 Å². The quantitative estimate of drug-likeness (QED) is 0.595. The van der Waals surface area contributed by atoms with Crippen molar-refractivity contribution >= 4 is 41.1 Å². The van der Waals surface area contributed by atoms with Gasteiger partial charge in [-0.1, -0.05) is 35.3 Å². The third-order valence-electron chi connectivity index (χ3n) is 6.66. The number of likely N-dealkylation sites (N-methyl/N-ethyl adjacent to an activating group) is 1. The van der Waals surface area contributed by atoms with Crippen molar-refractivity contribution in [1.82, 2.24) is 20.0 Å². The first-order valence-corrected chi connectivity index (χ1v) is 12.4. The summed E-state index contributed by atoms with van der Waals surface area (Å²) in [5.41, 5.74) is 1.42. The Morgan fingerprint density at radius 1 is 1.21 bits per heavy atom. The zero-order valence-corrected chi connectivity index (χ0v) is 21.2. The molecule has 1 aromatic carbocycles. The molecule has 1 aromatic rings. The summed E-state index contributed by atoms with van der Waals surface area (Å²) in [7, 11) is 1.63. The highest BCUT2D eigenvalue weighted by atomic mass is 35.5. The second kappa shape index (κ2) is 10.1. The monoisotopic (exact) mass is 508 g/mol. The third-order valence-corrected chi connectivity index (χ3v) is 7.49. The molecule has 0 spiro atoms. The summed E-state index contributed by atoms with van der Waals surface area (Å²) >= 11 is 12.7. The van der Waals surface area contributed by atoms with Gasteiger partial charge in [-0.25, -0.2) is 9.59 Å². The number of ether oxygens (including phenoxy) is 1. The van der Waals surface area contributed by atoms with Gasteiger partial charge >= 0.3 is 12.0 Å². The van der Waals surface area contributed by atoms with Gasteiger partial charge in [-0.05, 0) is 38.3 Å². The number of halogens is 2. The molecular formula is C24H30Cl2N4O4. The molecule has 4 rings (SSSR count). The molecule has 0 bridgehead atoms. The van der Waals surface area contributed by atoms with Crippen molar-refractivity contribution in [2.75, 3.05) is 39.8 Å². The van der Waals surface area contributed by atoms with Gasteiger partial charge in [0.05, 0.1) is 28.3 Å². The lowest BCUT2D eigenvalue weighted by Gasteiger charge is -2.42. The highest BCUT2D eigenvalue weighted by Crippen LogP contribution is 2.38. The lowest BCUT2D eigenvalue weighted by molar-refractivity contribution is -0.139. The number of amides is 3. The maximum absolute atomic E-state index is 13.2. The minimum atomic E-state index is -0.792. The van der Waals surface area contributed by atoms with Crippen LogP contribution in [0, 0.1) is 5.92 Å². The molecule has 1 aliphatic carbocycles. The van der Waals surface area contributed by atoms with Crippen molar-refractivity contribution in [2.24, 2.45) is 5.92 Å². The van der Waals surface area contributed by atoms with E-state index in [0.29, 0.717) is 48.0 Å². The van der Waals surface area contributed by atoms with Gasteiger partial charge in [0.1, 0.15) is 0 Å². The number of urea groups is 1. The number of nitrogens with zero attached hydrogens (tertiary/aromatic N) is 3. The number of hydrogen-bond donors (Lipinski definition) is 1. The van der Waals surface area contributed by atoms with Crippen molar-refractivity contribution in [3.63, 3.8) is 0 Å². The van der Waals surface area contributed by atoms with Gasteiger partial charge in [-0.15, -0.1) is 0 Å². The lowest BCUT2D eigenvalue weighted by atomic mass is 9.94. The number of benzene rings is 1. The summed E-state index contributed by atoms with van der Waals surface area (Å²) in [5.74, 6) is -0.0899. The van der Waals surface area contributed by atoms with Crippen LogP contribution in [0.4, 0.5) is 4.79 Å². The molecule has 10 heteroatoms. The molecule has 3 amide bonds. The van der Waals surface area contributed by atoms with Gasteiger partial charge in [0.25, 0.3) is 0 Å². The van der Waals surface area contributed by atoms with E-state index in [1.807, 2.05) is 11.8 Å². The number of esters is 1. The number of piperazine rings is 1. The Kier molecular flexibility index (Phi) is 7.40. The Morgan fingerprint density at radius 3 is 2.59 bits per heavy atom. The minimum absolute atomic E-state index is 0.0504. The van der Waals surface area contributed by atoms with Crippen LogP contribution in [0.15, 0.2) is 29.5 Å². The van der Waals surface area contributed by atoms with E-state index >= 15 is 0 Å². The number of nitrogens with one attached hydrogen (secondary N) is 1. The summed E-state index contributed by atoms with van der Waals surface area (Å²) in [6.45, 7) is 6.26. The van der Waals surface area contributed by atoms with Crippen molar-refractivity contribution in [3.05, 3.63) is 45.1 Å². The van der Waals surface area contributed by atoms with Crippen LogP contribution >= 0.6 is 23.2 Å². The van der Waals surface area contributed by atoms with Crippen LogP contribution in [-0.2, 0) is 14.3 Å². The van der Waals surface area contributed by atoms with Gasteiger partial charge in [-0.3, -0.25) is 14.6 Å². The second-order valence-electron chi connectivity index (χ2n) is 9.06. The Balaban J connectivity index is 1.66. The van der Waals surface area contributed by atoms with Crippen LogP contribution in [0.2, 0.25) is 10.0 Å². The number of carbonyl (C=O) groups is 3. The fraction of sp³-hybridized carbons (Fsp3) is 0.542. The molecule has 0 unspecified atom stereocenters. The zero-order valence-electron chi connectivity index (χ0n) is 19.6. The predicted molar refractivity (Wildman–Crippen MR) is 129 cm³/mol. The Hall–Kier alpha value is -2.29. The molecular weight excluding hydrogens is 479 g/mol. The van der Waals surface area contributed by atoms with E-state index in [1.165, 1.54) is 4.90 Å². The molecule has 1 N–H and O–H groups in total. The first kappa shape index (κ1) is 24.8. The third kappa shape index (κ3) is 4.90. The Labute approximate surface area is 209 Å². The molecule has 2 fully saturated rings. The van der Waals surface area contributed by atoms with Crippen LogP contribution in [0.3, 0.4) is 0 Å².